The molecule has 0 bridgehead atoms. The molecule has 2 atom stereocenters. The van der Waals surface area contributed by atoms with Gasteiger partial charge in [0, 0.05) is 12.2 Å². The Bertz CT molecular complexity index is 221. The molecule has 0 aliphatic carbocycles. The molecule has 15 heavy (non-hydrogen) atoms. The maximum atomic E-state index is 10.6. The van der Waals surface area contributed by atoms with Gasteiger partial charge < -0.3 is 10.2 Å². The van der Waals surface area contributed by atoms with Crippen molar-refractivity contribution in [1.82, 2.24) is 0 Å². The maximum Gasteiger partial charge on any atom is 0.330 e. The lowest BCUT2D eigenvalue weighted by molar-refractivity contribution is -0.132. The van der Waals surface area contributed by atoms with E-state index in [2.05, 4.69) is 6.92 Å². The molecule has 0 spiro atoms. The molecule has 0 amide bonds. The lowest BCUT2D eigenvalue weighted by Crippen LogP contribution is -2.15. The fraction of sp³-hybridized carbons (Fsp3) is 0.750. The molecule has 2 unspecified atom stereocenters. The Morgan fingerprint density at radius 1 is 1.47 bits per heavy atom. The van der Waals surface area contributed by atoms with Crippen LogP contribution in [0, 0.1) is 11.8 Å². The van der Waals surface area contributed by atoms with Gasteiger partial charge in [0.2, 0.25) is 0 Å². The van der Waals surface area contributed by atoms with E-state index in [1.54, 1.807) is 13.0 Å². The second kappa shape index (κ2) is 7.46. The van der Waals surface area contributed by atoms with E-state index in [0.29, 0.717) is 5.57 Å². The molecule has 0 aliphatic heterocycles. The quantitative estimate of drug-likeness (QED) is 0.640. The number of carbonyl (C=O) groups is 1. The van der Waals surface area contributed by atoms with E-state index in [1.165, 1.54) is 0 Å². The maximum absolute atomic E-state index is 10.6. The van der Waals surface area contributed by atoms with Gasteiger partial charge in [-0.25, -0.2) is 4.79 Å². The third kappa shape index (κ3) is 5.57. The molecule has 0 heterocycles. The summed E-state index contributed by atoms with van der Waals surface area (Å²) in [4.78, 5) is 10.6. The SMILES string of the molecule is CCCCC(CO)C(C)C=C(C)C(=O)O. The molecule has 0 aliphatic rings. The highest BCUT2D eigenvalue weighted by molar-refractivity contribution is 5.85. The molecule has 0 saturated heterocycles. The summed E-state index contributed by atoms with van der Waals surface area (Å²) in [7, 11) is 0. The van der Waals surface area contributed by atoms with Crippen LogP contribution < -0.4 is 0 Å². The van der Waals surface area contributed by atoms with Crippen LogP contribution in [0.2, 0.25) is 0 Å². The van der Waals surface area contributed by atoms with Crippen molar-refractivity contribution in [1.29, 1.82) is 0 Å². The second-order valence-corrected chi connectivity index (χ2v) is 4.10. The van der Waals surface area contributed by atoms with Crippen molar-refractivity contribution in [3.8, 4) is 0 Å². The van der Waals surface area contributed by atoms with Gasteiger partial charge in [-0.2, -0.15) is 0 Å². The molecule has 0 aromatic heterocycles. The van der Waals surface area contributed by atoms with Crippen molar-refractivity contribution in [2.24, 2.45) is 11.8 Å². The van der Waals surface area contributed by atoms with Crippen LogP contribution >= 0.6 is 0 Å². The van der Waals surface area contributed by atoms with E-state index in [-0.39, 0.29) is 18.4 Å². The number of hydrogen-bond donors (Lipinski definition) is 2. The number of carboxylic acids is 1. The lowest BCUT2D eigenvalue weighted by Gasteiger charge is -2.19. The summed E-state index contributed by atoms with van der Waals surface area (Å²) in [6, 6.07) is 0. The van der Waals surface area contributed by atoms with Gasteiger partial charge in [0.25, 0.3) is 0 Å². The summed E-state index contributed by atoms with van der Waals surface area (Å²) in [6.07, 6.45) is 4.87. The Morgan fingerprint density at radius 3 is 2.47 bits per heavy atom. The molecular weight excluding hydrogens is 192 g/mol. The number of aliphatic hydroxyl groups excluding tert-OH is 1. The van der Waals surface area contributed by atoms with Gasteiger partial charge in [0.1, 0.15) is 0 Å². The van der Waals surface area contributed by atoms with Crippen molar-refractivity contribution in [3.63, 3.8) is 0 Å². The van der Waals surface area contributed by atoms with Gasteiger partial charge in [0.15, 0.2) is 0 Å². The molecule has 0 aromatic rings. The van der Waals surface area contributed by atoms with Crippen molar-refractivity contribution in [2.45, 2.75) is 40.0 Å². The van der Waals surface area contributed by atoms with Crippen LogP contribution in [-0.2, 0) is 4.79 Å². The molecule has 0 saturated carbocycles. The molecule has 3 nitrogen and oxygen atoms in total. The highest BCUT2D eigenvalue weighted by Gasteiger charge is 2.15. The van der Waals surface area contributed by atoms with Gasteiger partial charge in [-0.15, -0.1) is 0 Å². The van der Waals surface area contributed by atoms with Crippen LogP contribution in [0.4, 0.5) is 0 Å². The van der Waals surface area contributed by atoms with E-state index in [0.717, 1.165) is 19.3 Å². The Labute approximate surface area is 91.8 Å². The number of unbranched alkanes of at least 4 members (excludes halogenated alkanes) is 1. The number of aliphatic carboxylic acids is 1. The zero-order valence-electron chi connectivity index (χ0n) is 9.86. The largest absolute Gasteiger partial charge is 0.478 e. The first-order chi connectivity index (χ1) is 7.02. The number of aliphatic hydroxyl groups is 1. The standard InChI is InChI=1S/C12H22O3/c1-4-5-6-11(8-13)9(2)7-10(3)12(14)15/h7,9,11,13H,4-6,8H2,1-3H3,(H,14,15). The van der Waals surface area contributed by atoms with Crippen LogP contribution in [0.25, 0.3) is 0 Å². The summed E-state index contributed by atoms with van der Waals surface area (Å²) in [5.41, 5.74) is 0.359. The van der Waals surface area contributed by atoms with Crippen molar-refractivity contribution < 1.29 is 15.0 Å². The van der Waals surface area contributed by atoms with Crippen molar-refractivity contribution in [2.75, 3.05) is 6.61 Å². The Hall–Kier alpha value is -0.830. The van der Waals surface area contributed by atoms with E-state index >= 15 is 0 Å². The Kier molecular flexibility index (Phi) is 7.05. The Balaban J connectivity index is 4.31. The van der Waals surface area contributed by atoms with Gasteiger partial charge in [-0.05, 0) is 25.2 Å². The van der Waals surface area contributed by atoms with Crippen LogP contribution in [0.5, 0.6) is 0 Å². The molecule has 0 aromatic carbocycles. The van der Waals surface area contributed by atoms with Crippen LogP contribution in [0.1, 0.15) is 40.0 Å². The number of rotatable bonds is 7. The molecule has 2 N–H and O–H groups in total. The predicted molar refractivity (Wildman–Crippen MR) is 60.7 cm³/mol. The Morgan fingerprint density at radius 2 is 2.07 bits per heavy atom. The monoisotopic (exact) mass is 214 g/mol. The van der Waals surface area contributed by atoms with Crippen LogP contribution in [-0.4, -0.2) is 22.8 Å². The molecule has 0 radical (unpaired) electrons. The topological polar surface area (TPSA) is 57.5 Å². The smallest absolute Gasteiger partial charge is 0.330 e. The number of allylic oxidation sites excluding steroid dienone is 1. The summed E-state index contributed by atoms with van der Waals surface area (Å²) in [5, 5.41) is 17.9. The zero-order chi connectivity index (χ0) is 11.8. The molecular formula is C12H22O3. The third-order valence-electron chi connectivity index (χ3n) is 2.76. The van der Waals surface area contributed by atoms with Crippen molar-refractivity contribution >= 4 is 5.97 Å². The van der Waals surface area contributed by atoms with Crippen molar-refractivity contribution in [3.05, 3.63) is 11.6 Å². The van der Waals surface area contributed by atoms with Crippen LogP contribution in [0.15, 0.2) is 11.6 Å². The van der Waals surface area contributed by atoms with Gasteiger partial charge in [0.05, 0.1) is 0 Å². The first kappa shape index (κ1) is 14.2. The molecule has 3 heteroatoms. The highest BCUT2D eigenvalue weighted by Crippen LogP contribution is 2.20. The highest BCUT2D eigenvalue weighted by atomic mass is 16.4. The van der Waals surface area contributed by atoms with E-state index in [9.17, 15) is 9.90 Å². The lowest BCUT2D eigenvalue weighted by atomic mass is 9.88. The number of hydrogen-bond acceptors (Lipinski definition) is 2. The summed E-state index contributed by atoms with van der Waals surface area (Å²) in [6.45, 7) is 5.79. The average Bonchev–Trinajstić information content (AvgIpc) is 2.18. The van der Waals surface area contributed by atoms with E-state index in [1.807, 2.05) is 6.92 Å². The predicted octanol–water partition coefficient (Wildman–Crippen LogP) is 2.45. The van der Waals surface area contributed by atoms with Gasteiger partial charge in [-0.1, -0.05) is 32.8 Å². The number of carboxylic acid groups (broad SMARTS) is 1. The first-order valence-electron chi connectivity index (χ1n) is 5.55. The summed E-state index contributed by atoms with van der Waals surface area (Å²) >= 11 is 0. The fourth-order valence-corrected chi connectivity index (χ4v) is 1.59. The first-order valence-corrected chi connectivity index (χ1v) is 5.55. The fourth-order valence-electron chi connectivity index (χ4n) is 1.59. The van der Waals surface area contributed by atoms with Gasteiger partial charge in [-0.3, -0.25) is 0 Å². The average molecular weight is 214 g/mol. The third-order valence-corrected chi connectivity index (χ3v) is 2.76. The minimum atomic E-state index is -0.881. The van der Waals surface area contributed by atoms with E-state index < -0.39 is 5.97 Å². The van der Waals surface area contributed by atoms with E-state index in [4.69, 9.17) is 5.11 Å². The zero-order valence-corrected chi connectivity index (χ0v) is 9.86. The second-order valence-electron chi connectivity index (χ2n) is 4.10. The summed E-state index contributed by atoms with van der Waals surface area (Å²) in [5.74, 6) is -0.578. The molecule has 0 fully saturated rings. The normalized spacial score (nSPS) is 16.1. The molecule has 0 rings (SSSR count). The summed E-state index contributed by atoms with van der Waals surface area (Å²) < 4.78 is 0. The molecule has 88 valence electrons. The minimum Gasteiger partial charge on any atom is -0.478 e. The van der Waals surface area contributed by atoms with Crippen LogP contribution in [0.3, 0.4) is 0 Å². The van der Waals surface area contributed by atoms with Gasteiger partial charge >= 0.3 is 5.97 Å². The minimum absolute atomic E-state index is 0.123.